The largest absolute Gasteiger partial charge is 0.479 e. The Kier molecular flexibility index (Phi) is 3.93. The van der Waals surface area contributed by atoms with Crippen LogP contribution < -0.4 is 5.32 Å². The second-order valence-electron chi connectivity index (χ2n) is 4.24. The monoisotopic (exact) mass is 289 g/mol. The summed E-state index contributed by atoms with van der Waals surface area (Å²) in [4.78, 5) is 22.4. The number of ether oxygens (including phenoxy) is 1. The molecule has 108 valence electrons. The number of hydrogen-bond donors (Lipinski definition) is 2. The molecule has 0 bridgehead atoms. The van der Waals surface area contributed by atoms with E-state index < -0.39 is 47.2 Å². The van der Waals surface area contributed by atoms with E-state index in [0.717, 1.165) is 6.07 Å². The van der Waals surface area contributed by atoms with E-state index >= 15 is 0 Å². The third kappa shape index (κ3) is 2.74. The van der Waals surface area contributed by atoms with Crippen molar-refractivity contribution in [1.82, 2.24) is 0 Å². The van der Waals surface area contributed by atoms with Gasteiger partial charge in [0.25, 0.3) is 5.91 Å². The van der Waals surface area contributed by atoms with Crippen LogP contribution in [0.4, 0.5) is 18.9 Å². The van der Waals surface area contributed by atoms with Crippen LogP contribution in [0.25, 0.3) is 0 Å². The van der Waals surface area contributed by atoms with E-state index in [1.54, 1.807) is 0 Å². The predicted molar refractivity (Wildman–Crippen MR) is 60.5 cm³/mol. The van der Waals surface area contributed by atoms with E-state index in [9.17, 15) is 22.8 Å². The summed E-state index contributed by atoms with van der Waals surface area (Å²) in [6.07, 6.45) is -1.87. The van der Waals surface area contributed by atoms with E-state index in [1.165, 1.54) is 0 Å². The number of anilines is 1. The normalized spacial score (nSPS) is 21.8. The zero-order valence-electron chi connectivity index (χ0n) is 10.0. The molecule has 5 nitrogen and oxygen atoms in total. The fourth-order valence-corrected chi connectivity index (χ4v) is 1.85. The lowest BCUT2D eigenvalue weighted by molar-refractivity contribution is -0.150. The summed E-state index contributed by atoms with van der Waals surface area (Å²) in [6.45, 7) is 0. The van der Waals surface area contributed by atoms with Gasteiger partial charge in [0.15, 0.2) is 23.6 Å². The smallest absolute Gasteiger partial charge is 0.332 e. The topological polar surface area (TPSA) is 75.6 Å². The second-order valence-corrected chi connectivity index (χ2v) is 4.24. The van der Waals surface area contributed by atoms with Gasteiger partial charge in [-0.2, -0.15) is 0 Å². The van der Waals surface area contributed by atoms with Gasteiger partial charge in [-0.25, -0.2) is 18.0 Å². The molecule has 1 aliphatic rings. The van der Waals surface area contributed by atoms with Crippen molar-refractivity contribution in [3.05, 3.63) is 29.6 Å². The van der Waals surface area contributed by atoms with Gasteiger partial charge in [-0.05, 0) is 25.0 Å². The Morgan fingerprint density at radius 2 is 1.80 bits per heavy atom. The Morgan fingerprint density at radius 1 is 1.15 bits per heavy atom. The molecule has 1 amide bonds. The number of carboxylic acid groups (broad SMARTS) is 1. The Morgan fingerprint density at radius 3 is 2.40 bits per heavy atom. The summed E-state index contributed by atoms with van der Waals surface area (Å²) in [5, 5.41) is 10.7. The number of carbonyl (C=O) groups is 2. The molecule has 1 saturated heterocycles. The van der Waals surface area contributed by atoms with Crippen LogP contribution in [0.15, 0.2) is 12.1 Å². The highest BCUT2D eigenvalue weighted by atomic mass is 19.2. The number of amides is 1. The van der Waals surface area contributed by atoms with E-state index in [-0.39, 0.29) is 12.8 Å². The molecule has 8 heteroatoms. The number of carbonyl (C=O) groups excluding carboxylic acids is 1. The van der Waals surface area contributed by atoms with Gasteiger partial charge in [0.2, 0.25) is 0 Å². The minimum Gasteiger partial charge on any atom is -0.479 e. The quantitative estimate of drug-likeness (QED) is 0.830. The van der Waals surface area contributed by atoms with E-state index in [2.05, 4.69) is 0 Å². The number of carboxylic acids is 1. The van der Waals surface area contributed by atoms with Gasteiger partial charge in [-0.1, -0.05) is 0 Å². The number of aliphatic carboxylic acids is 1. The van der Waals surface area contributed by atoms with Crippen LogP contribution in [0.1, 0.15) is 12.8 Å². The molecule has 20 heavy (non-hydrogen) atoms. The van der Waals surface area contributed by atoms with Gasteiger partial charge in [-0.3, -0.25) is 4.79 Å². The number of rotatable bonds is 3. The van der Waals surface area contributed by atoms with Gasteiger partial charge in [-0.15, -0.1) is 0 Å². The molecule has 0 spiro atoms. The van der Waals surface area contributed by atoms with Gasteiger partial charge >= 0.3 is 5.97 Å². The Labute approximate surface area is 111 Å². The average Bonchev–Trinajstić information content (AvgIpc) is 2.89. The summed E-state index contributed by atoms with van der Waals surface area (Å²) in [5.41, 5.74) is -0.531. The molecule has 2 rings (SSSR count). The fraction of sp³-hybridized carbons (Fsp3) is 0.333. The first-order valence-electron chi connectivity index (χ1n) is 5.72. The lowest BCUT2D eigenvalue weighted by atomic mass is 10.2. The minimum atomic E-state index is -1.70. The first kappa shape index (κ1) is 14.3. The third-order valence-corrected chi connectivity index (χ3v) is 2.88. The minimum absolute atomic E-state index is 0.147. The standard InChI is InChI=1S/C12H10F3NO4/c13-5-1-2-6(10(15)9(5)14)16-11(17)7-3-4-8(20-7)12(18)19/h1-2,7-8H,3-4H2,(H,16,17)(H,18,19). The molecule has 0 saturated carbocycles. The number of hydrogen-bond acceptors (Lipinski definition) is 3. The molecule has 0 aromatic heterocycles. The molecule has 1 aliphatic heterocycles. The Balaban J connectivity index is 2.06. The lowest BCUT2D eigenvalue weighted by Gasteiger charge is -2.12. The van der Waals surface area contributed by atoms with Gasteiger partial charge < -0.3 is 15.2 Å². The third-order valence-electron chi connectivity index (χ3n) is 2.88. The highest BCUT2D eigenvalue weighted by molar-refractivity contribution is 5.94. The Bertz CT molecular complexity index is 564. The van der Waals surface area contributed by atoms with Crippen LogP contribution in [-0.2, 0) is 14.3 Å². The molecular formula is C12H10F3NO4. The second kappa shape index (κ2) is 5.49. The van der Waals surface area contributed by atoms with E-state index in [4.69, 9.17) is 9.84 Å². The molecule has 2 N–H and O–H groups in total. The maximum Gasteiger partial charge on any atom is 0.332 e. The summed E-state index contributed by atoms with van der Waals surface area (Å²) in [6, 6.07) is 1.54. The van der Waals surface area contributed by atoms with Crippen molar-refractivity contribution in [2.45, 2.75) is 25.0 Å². The van der Waals surface area contributed by atoms with Crippen LogP contribution in [0.3, 0.4) is 0 Å². The van der Waals surface area contributed by atoms with Crippen LogP contribution >= 0.6 is 0 Å². The van der Waals surface area contributed by atoms with Crippen LogP contribution in [0.2, 0.25) is 0 Å². The van der Waals surface area contributed by atoms with Crippen molar-refractivity contribution in [2.24, 2.45) is 0 Å². The molecular weight excluding hydrogens is 279 g/mol. The molecule has 1 aromatic rings. The van der Waals surface area contributed by atoms with E-state index in [1.807, 2.05) is 5.32 Å². The van der Waals surface area contributed by atoms with Crippen molar-refractivity contribution in [2.75, 3.05) is 5.32 Å². The van der Waals surface area contributed by atoms with Crippen molar-refractivity contribution in [3.63, 3.8) is 0 Å². The number of nitrogens with one attached hydrogen (secondary N) is 1. The molecule has 1 aromatic carbocycles. The zero-order valence-corrected chi connectivity index (χ0v) is 10.0. The molecule has 2 atom stereocenters. The summed E-state index contributed by atoms with van der Waals surface area (Å²) in [7, 11) is 0. The molecule has 2 unspecified atom stereocenters. The van der Waals surface area contributed by atoms with Crippen molar-refractivity contribution in [1.29, 1.82) is 0 Å². The maximum atomic E-state index is 13.4. The predicted octanol–water partition coefficient (Wildman–Crippen LogP) is 1.67. The zero-order chi connectivity index (χ0) is 14.9. The van der Waals surface area contributed by atoms with Crippen molar-refractivity contribution < 1.29 is 32.6 Å². The lowest BCUT2D eigenvalue weighted by Crippen LogP contribution is -2.30. The van der Waals surface area contributed by atoms with Gasteiger partial charge in [0, 0.05) is 0 Å². The molecule has 0 radical (unpaired) electrons. The van der Waals surface area contributed by atoms with Crippen LogP contribution in [-0.4, -0.2) is 29.2 Å². The highest BCUT2D eigenvalue weighted by Gasteiger charge is 2.35. The molecule has 1 fully saturated rings. The Hall–Kier alpha value is -2.09. The summed E-state index contributed by atoms with van der Waals surface area (Å²) < 4.78 is 44.0. The van der Waals surface area contributed by atoms with Gasteiger partial charge in [0.05, 0.1) is 5.69 Å². The van der Waals surface area contributed by atoms with Crippen molar-refractivity contribution in [3.8, 4) is 0 Å². The first-order chi connectivity index (χ1) is 9.40. The SMILES string of the molecule is O=C(O)C1CCC(C(=O)Nc2ccc(F)c(F)c2F)O1. The van der Waals surface area contributed by atoms with Gasteiger partial charge in [0.1, 0.15) is 6.10 Å². The number of benzene rings is 1. The van der Waals surface area contributed by atoms with E-state index in [0.29, 0.717) is 6.07 Å². The summed E-state index contributed by atoms with van der Waals surface area (Å²) >= 11 is 0. The van der Waals surface area contributed by atoms with Crippen LogP contribution in [0.5, 0.6) is 0 Å². The average molecular weight is 289 g/mol. The molecule has 0 aliphatic carbocycles. The molecule has 1 heterocycles. The highest BCUT2D eigenvalue weighted by Crippen LogP contribution is 2.23. The van der Waals surface area contributed by atoms with Crippen molar-refractivity contribution >= 4 is 17.6 Å². The fourth-order valence-electron chi connectivity index (χ4n) is 1.85. The first-order valence-corrected chi connectivity index (χ1v) is 5.72. The maximum absolute atomic E-state index is 13.4. The summed E-state index contributed by atoms with van der Waals surface area (Å²) in [5.74, 6) is -6.59. The number of halogens is 3. The van der Waals surface area contributed by atoms with Crippen LogP contribution in [0, 0.1) is 17.5 Å².